The highest BCUT2D eigenvalue weighted by Gasteiger charge is 2.26. The third-order valence-electron chi connectivity index (χ3n) is 3.94. The molecule has 0 fully saturated rings. The van der Waals surface area contributed by atoms with Crippen molar-refractivity contribution in [2.45, 2.75) is 18.7 Å². The van der Waals surface area contributed by atoms with E-state index in [0.29, 0.717) is 10.3 Å². The quantitative estimate of drug-likeness (QED) is 0.741. The fourth-order valence-electron chi connectivity index (χ4n) is 2.49. The number of nitrogens with one attached hydrogen (secondary N) is 2. The van der Waals surface area contributed by atoms with Gasteiger partial charge in [-0.2, -0.15) is 0 Å². The summed E-state index contributed by atoms with van der Waals surface area (Å²) < 4.78 is 35.0. The van der Waals surface area contributed by atoms with Gasteiger partial charge in [-0.15, -0.1) is 0 Å². The highest BCUT2D eigenvalue weighted by molar-refractivity contribution is 7.92. The van der Waals surface area contributed by atoms with Crippen LogP contribution in [-0.4, -0.2) is 30.6 Å². The molecule has 2 N–H and O–H groups in total. The summed E-state index contributed by atoms with van der Waals surface area (Å²) in [4.78, 5) is 35.0. The van der Waals surface area contributed by atoms with Gasteiger partial charge in [0.05, 0.1) is 12.8 Å². The predicted molar refractivity (Wildman–Crippen MR) is 99.8 cm³/mol. The Balaban J connectivity index is 2.63. The Hall–Kier alpha value is -3.08. The normalized spacial score (nSPS) is 11.1. The zero-order chi connectivity index (χ0) is 20.5. The number of hydrogen-bond acceptors (Lipinski definition) is 6. The van der Waals surface area contributed by atoms with Gasteiger partial charge in [0, 0.05) is 32.4 Å². The molecule has 0 saturated carbocycles. The first-order chi connectivity index (χ1) is 12.5. The van der Waals surface area contributed by atoms with Crippen molar-refractivity contribution in [2.75, 3.05) is 17.1 Å². The van der Waals surface area contributed by atoms with Gasteiger partial charge in [0.25, 0.3) is 15.6 Å². The number of nitrogens with zero attached hydrogens (tertiary/aromatic N) is 2. The Bertz CT molecular complexity index is 1130. The average molecular weight is 396 g/mol. The molecule has 1 amide bonds. The molecule has 0 bridgehead atoms. The summed E-state index contributed by atoms with van der Waals surface area (Å²) in [6, 6.07) is 4.36. The topological polar surface area (TPSA) is 128 Å². The zero-order valence-corrected chi connectivity index (χ0v) is 16.3. The standard InChI is InChI=1S/C16H20N4O6S/c1-9-14(15(22)20(4)16(23)19(9)3)27(24,25)18-12-8-11(17-10(2)21)6-7-13(12)26-5/h6-8,18H,1-5H3,(H,17,21). The fourth-order valence-corrected chi connectivity index (χ4v) is 3.93. The molecule has 0 spiro atoms. The summed E-state index contributed by atoms with van der Waals surface area (Å²) >= 11 is 0. The van der Waals surface area contributed by atoms with E-state index in [0.717, 1.165) is 4.57 Å². The predicted octanol–water partition coefficient (Wildman–Crippen LogP) is 0.160. The molecule has 0 aliphatic carbocycles. The fraction of sp³-hybridized carbons (Fsp3) is 0.312. The lowest BCUT2D eigenvalue weighted by atomic mass is 10.2. The summed E-state index contributed by atoms with van der Waals surface area (Å²) in [5.74, 6) is -0.149. The zero-order valence-electron chi connectivity index (χ0n) is 15.5. The minimum Gasteiger partial charge on any atom is -0.495 e. The van der Waals surface area contributed by atoms with E-state index in [9.17, 15) is 22.8 Å². The third kappa shape index (κ3) is 3.87. The number of anilines is 2. The summed E-state index contributed by atoms with van der Waals surface area (Å²) in [6.07, 6.45) is 0. The van der Waals surface area contributed by atoms with Crippen LogP contribution in [0.1, 0.15) is 12.6 Å². The molecule has 0 aliphatic rings. The summed E-state index contributed by atoms with van der Waals surface area (Å²) in [5.41, 5.74) is -1.22. The molecule has 11 heteroatoms. The van der Waals surface area contributed by atoms with Crippen LogP contribution in [0.2, 0.25) is 0 Å². The largest absolute Gasteiger partial charge is 0.495 e. The van der Waals surface area contributed by atoms with Crippen LogP contribution in [0.4, 0.5) is 11.4 Å². The Labute approximate surface area is 155 Å². The first-order valence-corrected chi connectivity index (χ1v) is 9.23. The molecule has 0 aliphatic heterocycles. The van der Waals surface area contributed by atoms with Gasteiger partial charge in [-0.25, -0.2) is 13.2 Å². The smallest absolute Gasteiger partial charge is 0.330 e. The molecule has 2 rings (SSSR count). The van der Waals surface area contributed by atoms with Crippen molar-refractivity contribution in [2.24, 2.45) is 14.1 Å². The number of sulfonamides is 1. The maximum atomic E-state index is 12.9. The van der Waals surface area contributed by atoms with Crippen LogP contribution in [-0.2, 0) is 28.9 Å². The number of hydrogen-bond donors (Lipinski definition) is 2. The molecule has 27 heavy (non-hydrogen) atoms. The molecule has 10 nitrogen and oxygen atoms in total. The van der Waals surface area contributed by atoms with E-state index in [-0.39, 0.29) is 23.0 Å². The van der Waals surface area contributed by atoms with Crippen LogP contribution in [0.5, 0.6) is 5.75 Å². The molecule has 0 radical (unpaired) electrons. The average Bonchev–Trinajstić information content (AvgIpc) is 2.57. The molecule has 1 aromatic heterocycles. The van der Waals surface area contributed by atoms with Crippen LogP contribution in [0.25, 0.3) is 0 Å². The van der Waals surface area contributed by atoms with E-state index < -0.39 is 26.2 Å². The molecular weight excluding hydrogens is 376 g/mol. The Morgan fingerprint density at radius 1 is 1.15 bits per heavy atom. The number of methoxy groups -OCH3 is 1. The maximum absolute atomic E-state index is 12.9. The number of aromatic nitrogens is 2. The van der Waals surface area contributed by atoms with Crippen LogP contribution < -0.4 is 26.0 Å². The number of amides is 1. The second-order valence-electron chi connectivity index (χ2n) is 5.82. The monoisotopic (exact) mass is 396 g/mol. The Kier molecular flexibility index (Phi) is 5.45. The lowest BCUT2D eigenvalue weighted by Gasteiger charge is -2.16. The first kappa shape index (κ1) is 20.2. The second kappa shape index (κ2) is 7.27. The van der Waals surface area contributed by atoms with Crippen LogP contribution in [0.15, 0.2) is 32.7 Å². The van der Waals surface area contributed by atoms with Crippen molar-refractivity contribution in [3.05, 3.63) is 44.7 Å². The minimum absolute atomic E-state index is 0.00687. The Morgan fingerprint density at radius 2 is 1.78 bits per heavy atom. The van der Waals surface area contributed by atoms with Gasteiger partial charge in [0.2, 0.25) is 5.91 Å². The molecule has 0 saturated heterocycles. The Morgan fingerprint density at radius 3 is 2.33 bits per heavy atom. The van der Waals surface area contributed by atoms with Gasteiger partial charge in [-0.3, -0.25) is 23.4 Å². The number of rotatable bonds is 5. The van der Waals surface area contributed by atoms with Crippen LogP contribution in [0.3, 0.4) is 0 Å². The summed E-state index contributed by atoms with van der Waals surface area (Å²) in [7, 11) is -0.436. The lowest BCUT2D eigenvalue weighted by Crippen LogP contribution is -2.42. The molecule has 1 aromatic carbocycles. The molecular formula is C16H20N4O6S. The van der Waals surface area contributed by atoms with Crippen molar-refractivity contribution in [1.29, 1.82) is 0 Å². The van der Waals surface area contributed by atoms with Gasteiger partial charge in [0.1, 0.15) is 5.75 Å². The van der Waals surface area contributed by atoms with Crippen LogP contribution in [0, 0.1) is 6.92 Å². The van der Waals surface area contributed by atoms with Gasteiger partial charge in [-0.05, 0) is 25.1 Å². The molecule has 0 unspecified atom stereocenters. The first-order valence-electron chi connectivity index (χ1n) is 7.74. The van der Waals surface area contributed by atoms with Crippen LogP contribution >= 0.6 is 0 Å². The molecule has 2 aromatic rings. The molecule has 0 atom stereocenters. The highest BCUT2D eigenvalue weighted by Crippen LogP contribution is 2.29. The van der Waals surface area contributed by atoms with Gasteiger partial charge in [-0.1, -0.05) is 0 Å². The van der Waals surface area contributed by atoms with E-state index in [1.807, 2.05) is 0 Å². The summed E-state index contributed by atoms with van der Waals surface area (Å²) in [5, 5.41) is 2.53. The van der Waals surface area contributed by atoms with E-state index in [4.69, 9.17) is 4.74 Å². The van der Waals surface area contributed by atoms with Gasteiger partial charge < -0.3 is 10.1 Å². The van der Waals surface area contributed by atoms with Crippen molar-refractivity contribution >= 4 is 27.3 Å². The van der Waals surface area contributed by atoms with Crippen molar-refractivity contribution in [1.82, 2.24) is 9.13 Å². The number of benzene rings is 1. The van der Waals surface area contributed by atoms with Gasteiger partial charge >= 0.3 is 5.69 Å². The molecule has 1 heterocycles. The van der Waals surface area contributed by atoms with Crippen molar-refractivity contribution in [3.8, 4) is 5.75 Å². The maximum Gasteiger partial charge on any atom is 0.330 e. The summed E-state index contributed by atoms with van der Waals surface area (Å²) in [6.45, 7) is 2.67. The number of carbonyl (C=O) groups is 1. The second-order valence-corrected chi connectivity index (χ2v) is 7.44. The van der Waals surface area contributed by atoms with Crippen molar-refractivity contribution < 1.29 is 17.9 Å². The van der Waals surface area contributed by atoms with Crippen molar-refractivity contribution in [3.63, 3.8) is 0 Å². The van der Waals surface area contributed by atoms with E-state index in [1.54, 1.807) is 0 Å². The van der Waals surface area contributed by atoms with E-state index >= 15 is 0 Å². The van der Waals surface area contributed by atoms with E-state index in [2.05, 4.69) is 10.0 Å². The molecule has 146 valence electrons. The SMILES string of the molecule is COc1ccc(NC(C)=O)cc1NS(=O)(=O)c1c(C)n(C)c(=O)n(C)c1=O. The lowest BCUT2D eigenvalue weighted by molar-refractivity contribution is -0.114. The van der Waals surface area contributed by atoms with Gasteiger partial charge in [0.15, 0.2) is 4.90 Å². The number of carbonyl (C=O) groups excluding carboxylic acids is 1. The third-order valence-corrected chi connectivity index (χ3v) is 5.43. The minimum atomic E-state index is -4.35. The number of ether oxygens (including phenoxy) is 1. The highest BCUT2D eigenvalue weighted by atomic mass is 32.2. The van der Waals surface area contributed by atoms with E-state index in [1.165, 1.54) is 53.3 Å².